The summed E-state index contributed by atoms with van der Waals surface area (Å²) in [6, 6.07) is 6.20. The molecule has 2 aromatic rings. The first-order chi connectivity index (χ1) is 9.93. The van der Waals surface area contributed by atoms with E-state index in [4.69, 9.17) is 4.74 Å². The van der Waals surface area contributed by atoms with Crippen LogP contribution in [-0.4, -0.2) is 31.0 Å². The van der Waals surface area contributed by atoms with Crippen LogP contribution in [0.1, 0.15) is 11.3 Å². The van der Waals surface area contributed by atoms with Crippen LogP contribution in [-0.2, 0) is 13.6 Å². The van der Waals surface area contributed by atoms with E-state index in [-0.39, 0.29) is 0 Å². The number of nitrogens with one attached hydrogen (secondary N) is 1. The van der Waals surface area contributed by atoms with Gasteiger partial charge >= 0.3 is 0 Å². The summed E-state index contributed by atoms with van der Waals surface area (Å²) in [6.45, 7) is 2.66. The van der Waals surface area contributed by atoms with Crippen molar-refractivity contribution >= 4 is 27.3 Å². The van der Waals surface area contributed by atoms with Gasteiger partial charge in [0.2, 0.25) is 5.88 Å². The van der Waals surface area contributed by atoms with Crippen LogP contribution in [0.4, 0.5) is 11.4 Å². The van der Waals surface area contributed by atoms with E-state index in [0.717, 1.165) is 33.0 Å². The molecular weight excluding hydrogens is 332 g/mol. The molecule has 1 aromatic heterocycles. The Morgan fingerprint density at radius 3 is 2.71 bits per heavy atom. The van der Waals surface area contributed by atoms with Crippen molar-refractivity contribution in [2.45, 2.75) is 13.5 Å². The summed E-state index contributed by atoms with van der Waals surface area (Å²) in [5.41, 5.74) is 4.26. The first-order valence-electron chi connectivity index (χ1n) is 6.71. The zero-order valence-corrected chi connectivity index (χ0v) is 14.7. The normalized spacial score (nSPS) is 10.6. The average molecular weight is 353 g/mol. The first kappa shape index (κ1) is 15.7. The number of rotatable bonds is 5. The Morgan fingerprint density at radius 2 is 2.10 bits per heavy atom. The maximum atomic E-state index is 5.43. The molecule has 0 spiro atoms. The van der Waals surface area contributed by atoms with Gasteiger partial charge in [-0.25, -0.2) is 4.68 Å². The lowest BCUT2D eigenvalue weighted by Gasteiger charge is -2.19. The highest BCUT2D eigenvalue weighted by Crippen LogP contribution is 2.30. The first-order valence-corrected chi connectivity index (χ1v) is 7.50. The topological polar surface area (TPSA) is 42.3 Å². The van der Waals surface area contributed by atoms with Gasteiger partial charge in [-0.15, -0.1) is 0 Å². The van der Waals surface area contributed by atoms with Gasteiger partial charge in [0.15, 0.2) is 0 Å². The van der Waals surface area contributed by atoms with Crippen molar-refractivity contribution in [2.24, 2.45) is 7.05 Å². The molecule has 0 saturated heterocycles. The maximum absolute atomic E-state index is 5.43. The maximum Gasteiger partial charge on any atom is 0.216 e. The number of methoxy groups -OCH3 is 1. The molecule has 0 aliphatic carbocycles. The van der Waals surface area contributed by atoms with Gasteiger partial charge in [-0.05, 0) is 25.1 Å². The second-order valence-electron chi connectivity index (χ2n) is 5.11. The molecule has 6 heteroatoms. The Balaban J connectivity index is 2.26. The van der Waals surface area contributed by atoms with E-state index < -0.39 is 0 Å². The Morgan fingerprint density at radius 1 is 1.38 bits per heavy atom. The van der Waals surface area contributed by atoms with Gasteiger partial charge < -0.3 is 15.0 Å². The molecule has 0 saturated carbocycles. The minimum atomic E-state index is 0.667. The van der Waals surface area contributed by atoms with Crippen molar-refractivity contribution < 1.29 is 4.74 Å². The van der Waals surface area contributed by atoms with Gasteiger partial charge in [0.05, 0.1) is 29.7 Å². The Labute approximate surface area is 134 Å². The Hall–Kier alpha value is -1.69. The monoisotopic (exact) mass is 352 g/mol. The number of nitrogens with zero attached hydrogens (tertiary/aromatic N) is 3. The third-order valence-corrected chi connectivity index (χ3v) is 3.87. The van der Waals surface area contributed by atoms with Gasteiger partial charge in [0.25, 0.3) is 0 Å². The molecule has 0 unspecified atom stereocenters. The average Bonchev–Trinajstić information content (AvgIpc) is 2.69. The van der Waals surface area contributed by atoms with Crippen LogP contribution >= 0.6 is 15.9 Å². The number of benzene rings is 1. The number of anilines is 2. The molecule has 1 heterocycles. The lowest BCUT2D eigenvalue weighted by atomic mass is 10.2. The number of aromatic nitrogens is 2. The number of halogens is 1. The van der Waals surface area contributed by atoms with Crippen molar-refractivity contribution in [2.75, 3.05) is 31.4 Å². The van der Waals surface area contributed by atoms with Crippen molar-refractivity contribution in [3.63, 3.8) is 0 Å². The zero-order valence-electron chi connectivity index (χ0n) is 13.1. The van der Waals surface area contributed by atoms with Crippen LogP contribution in [0.5, 0.6) is 5.88 Å². The summed E-state index contributed by atoms with van der Waals surface area (Å²) in [4.78, 5) is 2.09. The van der Waals surface area contributed by atoms with Crippen molar-refractivity contribution in [3.05, 3.63) is 33.9 Å². The highest BCUT2D eigenvalue weighted by atomic mass is 79.9. The van der Waals surface area contributed by atoms with Crippen LogP contribution in [0, 0.1) is 6.92 Å². The smallest absolute Gasteiger partial charge is 0.216 e. The van der Waals surface area contributed by atoms with Gasteiger partial charge in [-0.3, -0.25) is 0 Å². The van der Waals surface area contributed by atoms with Crippen LogP contribution in [0.3, 0.4) is 0 Å². The molecule has 2 rings (SSSR count). The van der Waals surface area contributed by atoms with Crippen molar-refractivity contribution in [1.29, 1.82) is 0 Å². The van der Waals surface area contributed by atoms with E-state index in [9.17, 15) is 0 Å². The predicted octanol–water partition coefficient (Wildman–Crippen LogP) is 3.18. The molecule has 114 valence electrons. The van der Waals surface area contributed by atoms with Gasteiger partial charge in [-0.1, -0.05) is 15.9 Å². The van der Waals surface area contributed by atoms with Gasteiger partial charge in [0, 0.05) is 32.2 Å². The number of hydrogen-bond donors (Lipinski definition) is 1. The van der Waals surface area contributed by atoms with Crippen LogP contribution < -0.4 is 15.0 Å². The summed E-state index contributed by atoms with van der Waals surface area (Å²) in [5, 5.41) is 7.88. The Bertz CT molecular complexity index is 637. The summed E-state index contributed by atoms with van der Waals surface area (Å²) in [6.07, 6.45) is 0. The summed E-state index contributed by atoms with van der Waals surface area (Å²) in [7, 11) is 7.62. The molecule has 1 N–H and O–H groups in total. The third kappa shape index (κ3) is 3.32. The van der Waals surface area contributed by atoms with Crippen LogP contribution in [0.25, 0.3) is 0 Å². The van der Waals surface area contributed by atoms with E-state index >= 15 is 0 Å². The highest BCUT2D eigenvalue weighted by molar-refractivity contribution is 9.10. The fourth-order valence-corrected chi connectivity index (χ4v) is 2.72. The highest BCUT2D eigenvalue weighted by Gasteiger charge is 2.14. The Kier molecular flexibility index (Phi) is 4.77. The second kappa shape index (κ2) is 6.39. The molecule has 0 bridgehead atoms. The number of aryl methyl sites for hydroxylation is 2. The summed E-state index contributed by atoms with van der Waals surface area (Å²) < 4.78 is 8.24. The van der Waals surface area contributed by atoms with Crippen molar-refractivity contribution in [3.8, 4) is 5.88 Å². The molecule has 1 aromatic carbocycles. The number of hydrogen-bond acceptors (Lipinski definition) is 4. The second-order valence-corrected chi connectivity index (χ2v) is 6.02. The van der Waals surface area contributed by atoms with E-state index in [2.05, 4.69) is 43.4 Å². The summed E-state index contributed by atoms with van der Waals surface area (Å²) in [5.74, 6) is 0.793. The fourth-order valence-electron chi connectivity index (χ4n) is 2.36. The number of ether oxygens (including phenoxy) is 1. The molecule has 5 nitrogen and oxygen atoms in total. The van der Waals surface area contributed by atoms with Gasteiger partial charge in [-0.2, -0.15) is 5.10 Å². The summed E-state index contributed by atoms with van der Waals surface area (Å²) >= 11 is 3.52. The molecular formula is C15H21BrN4O. The molecule has 0 aliphatic heterocycles. The lowest BCUT2D eigenvalue weighted by molar-refractivity contribution is 0.370. The van der Waals surface area contributed by atoms with Crippen LogP contribution in [0.15, 0.2) is 22.7 Å². The van der Waals surface area contributed by atoms with E-state index in [0.29, 0.717) is 6.54 Å². The molecule has 0 fully saturated rings. The molecule has 0 aliphatic rings. The van der Waals surface area contributed by atoms with Crippen LogP contribution in [0.2, 0.25) is 0 Å². The predicted molar refractivity (Wildman–Crippen MR) is 90.3 cm³/mol. The molecule has 0 amide bonds. The molecule has 0 radical (unpaired) electrons. The minimum absolute atomic E-state index is 0.667. The van der Waals surface area contributed by atoms with Gasteiger partial charge in [0.1, 0.15) is 0 Å². The van der Waals surface area contributed by atoms with Crippen molar-refractivity contribution in [1.82, 2.24) is 9.78 Å². The lowest BCUT2D eigenvalue weighted by Crippen LogP contribution is -2.12. The largest absolute Gasteiger partial charge is 0.481 e. The van der Waals surface area contributed by atoms with E-state index in [1.807, 2.05) is 34.1 Å². The quantitative estimate of drug-likeness (QED) is 0.897. The standard InChI is InChI=1S/C15H21BrN4O/c1-10-12(15(21-5)20(4)18-10)9-17-13-8-11(16)6-7-14(13)19(2)3/h6-8,17H,9H2,1-5H3. The molecule has 21 heavy (non-hydrogen) atoms. The molecule has 0 atom stereocenters. The SMILES string of the molecule is COc1c(CNc2cc(Br)ccc2N(C)C)c(C)nn1C. The van der Waals surface area contributed by atoms with E-state index in [1.54, 1.807) is 11.8 Å². The minimum Gasteiger partial charge on any atom is -0.481 e. The third-order valence-electron chi connectivity index (χ3n) is 3.38. The van der Waals surface area contributed by atoms with E-state index in [1.165, 1.54) is 0 Å². The zero-order chi connectivity index (χ0) is 15.6. The fraction of sp³-hybridized carbons (Fsp3) is 0.400.